The SMILES string of the molecule is CC1=C2[C@@H](C)C(=O)[C@@]3(C)C([C@H](OC(=O)c4ccccc4)[C@](O)(C[C@@H]1OC(=O)[C@H](OC(=O)[C@@H]1OC(C)(C)O[C@H]1C(=O)O[C@@H](C(=O)O[C@H]1C[C@@]4(O)[C@@H](OC(=O)c5ccccc5)C5[C@]6(C)CO[C@@H]6C[C@H](C)[C@@]5(C)C(=O)[C@H](C)C(=C1C)C4(C)C)[C@@H](NC(=O)OC(C)(C)C)c1ccccc1)[C@@H](NC(=O)OC(C)(C)C)c1ccccc1)C2(C)C)[C@]1(C)CO[C@@H]1C[C@@H]3C. The van der Waals surface area contributed by atoms with E-state index in [-0.39, 0.29) is 58.9 Å². The molecule has 24 atom stereocenters. The van der Waals surface area contributed by atoms with Gasteiger partial charge < -0.3 is 77.7 Å². The number of carbonyl (C=O) groups excluding carboxylic acids is 10. The van der Waals surface area contributed by atoms with Gasteiger partial charge in [0.2, 0.25) is 12.2 Å². The molecule has 9 aliphatic rings. The smallest absolute Gasteiger partial charge is 0.408 e. The van der Waals surface area contributed by atoms with E-state index in [1.54, 1.807) is 194 Å². The van der Waals surface area contributed by atoms with Gasteiger partial charge in [-0.25, -0.2) is 38.4 Å². The zero-order valence-corrected chi connectivity index (χ0v) is 73.6. The molecule has 0 spiro atoms. The van der Waals surface area contributed by atoms with Gasteiger partial charge in [-0.3, -0.25) is 9.59 Å². The molecule has 0 radical (unpaired) electrons. The summed E-state index contributed by atoms with van der Waals surface area (Å²) in [6.45, 7) is 38.3. The Balaban J connectivity index is 0.891. The number of ketones is 2. The van der Waals surface area contributed by atoms with Crippen molar-refractivity contribution in [1.82, 2.24) is 10.6 Å². The lowest BCUT2D eigenvalue weighted by Gasteiger charge is -2.68. The molecule has 2 unspecified atom stereocenters. The summed E-state index contributed by atoms with van der Waals surface area (Å²) in [6.07, 6.45) is -18.0. The summed E-state index contributed by atoms with van der Waals surface area (Å²) in [5.74, 6) is -14.0. The van der Waals surface area contributed by atoms with Crippen LogP contribution in [0.2, 0.25) is 0 Å². The Morgan fingerprint density at radius 3 is 1.07 bits per heavy atom. The van der Waals surface area contributed by atoms with Crippen LogP contribution in [0.4, 0.5) is 9.59 Å². The maximum atomic E-state index is 16.3. The Labute approximate surface area is 708 Å². The second kappa shape index (κ2) is 31.9. The summed E-state index contributed by atoms with van der Waals surface area (Å²) in [5, 5.41) is 34.2. The van der Waals surface area contributed by atoms with Crippen molar-refractivity contribution >= 4 is 59.6 Å². The second-order valence-corrected chi connectivity index (χ2v) is 39.8. The Bertz CT molecular complexity index is 4480. The summed E-state index contributed by atoms with van der Waals surface area (Å²) in [6, 6.07) is 28.9. The molecule has 2 amide bonds. The molecular formula is C95H120N2O24. The normalized spacial score (nSPS) is 35.3. The first kappa shape index (κ1) is 89.6. The number of ether oxygens (including phenoxy) is 12. The number of nitrogens with one attached hydrogen (secondary N) is 2. The molecule has 0 aromatic heterocycles. The zero-order chi connectivity index (χ0) is 88.6. The number of rotatable bonds is 18. The van der Waals surface area contributed by atoms with E-state index in [1.807, 2.05) is 41.5 Å². The molecule has 4 aromatic rings. The third-order valence-electron chi connectivity index (χ3n) is 28.9. The van der Waals surface area contributed by atoms with Gasteiger partial charge in [0.05, 0.1) is 36.5 Å². The van der Waals surface area contributed by atoms with Crippen molar-refractivity contribution in [2.45, 2.75) is 279 Å². The van der Waals surface area contributed by atoms with Crippen LogP contribution in [-0.2, 0) is 85.6 Å². The molecule has 4 saturated carbocycles. The van der Waals surface area contributed by atoms with Gasteiger partial charge in [0.25, 0.3) is 0 Å². The van der Waals surface area contributed by atoms with E-state index in [1.165, 1.54) is 38.1 Å². The second-order valence-electron chi connectivity index (χ2n) is 39.8. The number of Topliss-reactive ketones (excluding diaryl/α,β-unsaturated/α-hetero) is 2. The number of fused-ring (bicyclic) bond motifs is 10. The van der Waals surface area contributed by atoms with E-state index in [9.17, 15) is 29.4 Å². The summed E-state index contributed by atoms with van der Waals surface area (Å²) < 4.78 is 76.7. The van der Waals surface area contributed by atoms with Crippen molar-refractivity contribution in [3.63, 3.8) is 0 Å². The van der Waals surface area contributed by atoms with E-state index >= 15 is 28.8 Å². The van der Waals surface area contributed by atoms with Crippen LogP contribution in [0, 0.1) is 68.0 Å². The fraction of sp³-hybridized carbons (Fsp3) is 0.600. The van der Waals surface area contributed by atoms with E-state index < -0.39 is 218 Å². The molecule has 6 aliphatic carbocycles. The van der Waals surface area contributed by atoms with Crippen molar-refractivity contribution in [2.75, 3.05) is 13.2 Å². The van der Waals surface area contributed by atoms with Crippen molar-refractivity contribution in [1.29, 1.82) is 0 Å². The fourth-order valence-corrected chi connectivity index (χ4v) is 22.4. The Morgan fingerprint density at radius 2 is 0.777 bits per heavy atom. The van der Waals surface area contributed by atoms with Crippen molar-refractivity contribution in [2.24, 2.45) is 68.0 Å². The average molecular weight is 1670 g/mol. The Kier molecular flexibility index (Phi) is 23.6. The molecule has 4 bridgehead atoms. The van der Waals surface area contributed by atoms with Crippen molar-refractivity contribution in [3.8, 4) is 0 Å². The first-order chi connectivity index (χ1) is 56.3. The van der Waals surface area contributed by atoms with Crippen LogP contribution in [0.25, 0.3) is 0 Å². The summed E-state index contributed by atoms with van der Waals surface area (Å²) in [4.78, 5) is 155. The summed E-state index contributed by atoms with van der Waals surface area (Å²) in [7, 11) is 0. The van der Waals surface area contributed by atoms with E-state index in [0.717, 1.165) is 0 Å². The third kappa shape index (κ3) is 15.5. The molecule has 4 N–H and O–H groups in total. The van der Waals surface area contributed by atoms with Gasteiger partial charge in [-0.05, 0) is 152 Å². The molecule has 7 fully saturated rings. The molecule has 3 aliphatic heterocycles. The third-order valence-corrected chi connectivity index (χ3v) is 28.9. The highest BCUT2D eigenvalue weighted by Gasteiger charge is 2.77. The van der Waals surface area contributed by atoms with Gasteiger partial charge in [0.1, 0.15) is 70.5 Å². The van der Waals surface area contributed by atoms with Gasteiger partial charge in [0, 0.05) is 69.0 Å². The minimum Gasteiger partial charge on any atom is -0.455 e. The Hall–Kier alpha value is -9.18. The largest absolute Gasteiger partial charge is 0.455 e. The number of benzene rings is 4. The number of aliphatic hydroxyl groups is 2. The molecule has 4 aromatic carbocycles. The predicted octanol–water partition coefficient (Wildman–Crippen LogP) is 13.7. The first-order valence-electron chi connectivity index (χ1n) is 42.3. The van der Waals surface area contributed by atoms with Crippen LogP contribution in [0.5, 0.6) is 0 Å². The quantitative estimate of drug-likeness (QED) is 0.0408. The molecule has 13 rings (SSSR count). The lowest BCUT2D eigenvalue weighted by atomic mass is 9.40. The highest BCUT2D eigenvalue weighted by Crippen LogP contribution is 2.70. The maximum absolute atomic E-state index is 16.3. The summed E-state index contributed by atoms with van der Waals surface area (Å²) >= 11 is 0. The average Bonchev–Trinajstić information content (AvgIpc) is 0.952. The lowest BCUT2D eigenvalue weighted by Crippen LogP contribution is -2.76. The number of amides is 2. The fourth-order valence-electron chi connectivity index (χ4n) is 22.4. The van der Waals surface area contributed by atoms with Crippen LogP contribution < -0.4 is 10.6 Å². The maximum Gasteiger partial charge on any atom is 0.408 e. The highest BCUT2D eigenvalue weighted by molar-refractivity contribution is 5.95. The van der Waals surface area contributed by atoms with Crippen LogP contribution >= 0.6 is 0 Å². The molecular weight excluding hydrogens is 1550 g/mol. The number of hydrogen-bond donors (Lipinski definition) is 4. The molecule has 121 heavy (non-hydrogen) atoms. The van der Waals surface area contributed by atoms with E-state index in [0.29, 0.717) is 35.1 Å². The van der Waals surface area contributed by atoms with E-state index in [2.05, 4.69) is 10.6 Å². The molecule has 3 heterocycles. The zero-order valence-electron chi connectivity index (χ0n) is 73.6. The van der Waals surface area contributed by atoms with Crippen LogP contribution in [0.3, 0.4) is 0 Å². The molecule has 26 nitrogen and oxygen atoms in total. The molecule has 654 valence electrons. The Morgan fingerprint density at radius 1 is 0.463 bits per heavy atom. The predicted molar refractivity (Wildman–Crippen MR) is 439 cm³/mol. The van der Waals surface area contributed by atoms with Gasteiger partial charge in [0.15, 0.2) is 18.0 Å². The van der Waals surface area contributed by atoms with Gasteiger partial charge >= 0.3 is 48.0 Å². The van der Waals surface area contributed by atoms with Crippen LogP contribution in [-0.4, -0.2) is 172 Å². The standard InChI is InChI=1S/C95H120N2O24/c1-49-43-61-90(19,47-110-61)71-75(116-77(100)57-39-31-25-32-40-57)94(108)45-59(51(3)63(87(94,13)14)53(5)73(98)92(49,71)21)112-79(102)67(65(55-35-27-23-28-36-55)96-83(106)120-85(7,8)9)114-81(104)69-70(119-89(17,18)118-69)82(105)115-68(66(56-37-29-24-30-38-56)97-84(107)121-86(10,11)12)80(103)113-60-46-95(109)76(117-78(101)58-41-33-26-34-42-58)72-91(20)48-111-62(91)44-50(2)93(72,22)74(99)54(6)64(52(60)4)88(95,15)16/h23-42,49-50,53-54,59-62,65-72,75-76,108-109H,43-48H2,1-22H3,(H,96,106)(H,97,107)/t49-,50-,53+,54+,59-,60-,61+,62+,65-,66-,67+,68+,69+,70+,71?,72?,75-,76-,90+,91+,92+,93+,94+,95+/m0/s1. The number of hydrogen-bond acceptors (Lipinski definition) is 24. The summed E-state index contributed by atoms with van der Waals surface area (Å²) in [5.41, 5.74) is -11.6. The van der Waals surface area contributed by atoms with Gasteiger partial charge in [-0.1, -0.05) is 180 Å². The van der Waals surface area contributed by atoms with Crippen LogP contribution in [0.1, 0.15) is 222 Å². The number of carbonyl (C=O) groups is 10. The lowest BCUT2D eigenvalue weighted by molar-refractivity contribution is -0.305. The minimum atomic E-state index is -2.30. The monoisotopic (exact) mass is 1670 g/mol. The molecule has 3 saturated heterocycles. The molecule has 26 heteroatoms. The van der Waals surface area contributed by atoms with Gasteiger partial charge in [-0.15, -0.1) is 0 Å². The highest BCUT2D eigenvalue weighted by atomic mass is 16.8. The number of alkyl carbamates (subject to hydrolysis) is 2. The minimum absolute atomic E-state index is 0.151. The van der Waals surface area contributed by atoms with E-state index in [4.69, 9.17) is 56.8 Å². The first-order valence-corrected chi connectivity index (χ1v) is 42.3. The van der Waals surface area contributed by atoms with Crippen molar-refractivity contribution in [3.05, 3.63) is 166 Å². The van der Waals surface area contributed by atoms with Crippen LogP contribution in [0.15, 0.2) is 144 Å². The van der Waals surface area contributed by atoms with Gasteiger partial charge in [-0.2, -0.15) is 0 Å². The van der Waals surface area contributed by atoms with Crippen molar-refractivity contribution < 1.29 is 115 Å². The number of esters is 6. The topological polar surface area (TPSA) is 346 Å².